The monoisotopic (exact) mass is 265 g/mol. The van der Waals surface area contributed by atoms with Crippen LogP contribution < -0.4 is 0 Å². The average molecular weight is 266 g/mol. The molecule has 0 aromatic heterocycles. The van der Waals surface area contributed by atoms with E-state index in [4.69, 9.17) is 11.6 Å². The molecular formula is C14H16ClNO2. The topological polar surface area (TPSA) is 40.5 Å². The summed E-state index contributed by atoms with van der Waals surface area (Å²) in [6.45, 7) is 1.21. The number of likely N-dealkylation sites (tertiary alicyclic amines) is 1. The van der Waals surface area contributed by atoms with Crippen molar-refractivity contribution in [1.29, 1.82) is 0 Å². The second-order valence-electron chi connectivity index (χ2n) is 5.42. The van der Waals surface area contributed by atoms with Crippen LogP contribution in [0.3, 0.4) is 0 Å². The van der Waals surface area contributed by atoms with Crippen molar-refractivity contribution in [3.05, 3.63) is 34.9 Å². The number of carbonyl (C=O) groups excluding carboxylic acids is 1. The molecule has 1 N–H and O–H groups in total. The number of benzene rings is 1. The van der Waals surface area contributed by atoms with E-state index < -0.39 is 6.10 Å². The van der Waals surface area contributed by atoms with Crippen molar-refractivity contribution in [3.63, 3.8) is 0 Å². The van der Waals surface area contributed by atoms with Gasteiger partial charge in [-0.1, -0.05) is 23.7 Å². The van der Waals surface area contributed by atoms with Crippen LogP contribution in [0.5, 0.6) is 0 Å². The van der Waals surface area contributed by atoms with Gasteiger partial charge in [0.15, 0.2) is 0 Å². The Morgan fingerprint density at radius 2 is 2.00 bits per heavy atom. The van der Waals surface area contributed by atoms with E-state index in [0.717, 1.165) is 24.4 Å². The summed E-state index contributed by atoms with van der Waals surface area (Å²) in [6.07, 6.45) is 2.00. The summed E-state index contributed by atoms with van der Waals surface area (Å²) in [6, 6.07) is 7.90. The molecule has 0 radical (unpaired) electrons. The predicted octanol–water partition coefficient (Wildman–Crippen LogP) is 1.96. The fourth-order valence-electron chi connectivity index (χ4n) is 2.76. The van der Waals surface area contributed by atoms with E-state index in [1.807, 2.05) is 24.3 Å². The second-order valence-corrected chi connectivity index (χ2v) is 5.86. The lowest BCUT2D eigenvalue weighted by molar-refractivity contribution is -0.128. The summed E-state index contributed by atoms with van der Waals surface area (Å²) in [7, 11) is 0. The Balaban J connectivity index is 1.76. The van der Waals surface area contributed by atoms with Gasteiger partial charge in [-0.05, 0) is 30.5 Å². The maximum atomic E-state index is 11.7. The van der Waals surface area contributed by atoms with Crippen molar-refractivity contribution < 1.29 is 9.90 Å². The Kier molecular flexibility index (Phi) is 2.83. The number of β-amino-alcohol motifs (C(OH)–C–C–N with tert-alkyl or cyclic N) is 1. The number of carbonyl (C=O) groups is 1. The quantitative estimate of drug-likeness (QED) is 0.908. The molecule has 1 saturated carbocycles. The van der Waals surface area contributed by atoms with Gasteiger partial charge < -0.3 is 10.0 Å². The molecule has 0 spiro atoms. The third-order valence-electron chi connectivity index (χ3n) is 4.00. The van der Waals surface area contributed by atoms with Crippen LogP contribution in [0.25, 0.3) is 0 Å². The molecule has 1 aromatic carbocycles. The molecule has 2 aliphatic rings. The predicted molar refractivity (Wildman–Crippen MR) is 69.6 cm³/mol. The molecule has 1 heterocycles. The van der Waals surface area contributed by atoms with E-state index in [1.165, 1.54) is 5.56 Å². The number of nitrogens with zero attached hydrogens (tertiary/aromatic N) is 1. The first-order valence-electron chi connectivity index (χ1n) is 6.31. The van der Waals surface area contributed by atoms with Gasteiger partial charge in [-0.2, -0.15) is 0 Å². The van der Waals surface area contributed by atoms with E-state index in [2.05, 4.69) is 0 Å². The Hall–Kier alpha value is -1.06. The van der Waals surface area contributed by atoms with Crippen molar-refractivity contribution in [1.82, 2.24) is 4.90 Å². The first-order chi connectivity index (χ1) is 8.59. The minimum atomic E-state index is -0.487. The molecule has 18 heavy (non-hydrogen) atoms. The van der Waals surface area contributed by atoms with Gasteiger partial charge in [-0.15, -0.1) is 0 Å². The van der Waals surface area contributed by atoms with Crippen LogP contribution in [0.4, 0.5) is 0 Å². The lowest BCUT2D eigenvalue weighted by Gasteiger charge is -2.23. The Morgan fingerprint density at radius 1 is 1.33 bits per heavy atom. The highest BCUT2D eigenvalue weighted by Gasteiger charge is 2.47. The third-order valence-corrected chi connectivity index (χ3v) is 4.25. The van der Waals surface area contributed by atoms with E-state index in [0.29, 0.717) is 6.54 Å². The first-order valence-corrected chi connectivity index (χ1v) is 6.69. The number of hydrogen-bond donors (Lipinski definition) is 1. The maximum absolute atomic E-state index is 11.7. The molecule has 2 fully saturated rings. The molecule has 0 bridgehead atoms. The van der Waals surface area contributed by atoms with Gasteiger partial charge in [-0.25, -0.2) is 0 Å². The van der Waals surface area contributed by atoms with Gasteiger partial charge in [0, 0.05) is 23.5 Å². The smallest absolute Gasteiger partial charge is 0.225 e. The highest BCUT2D eigenvalue weighted by molar-refractivity contribution is 6.30. The lowest BCUT2D eigenvalue weighted by atomic mass is 9.95. The van der Waals surface area contributed by atoms with Gasteiger partial charge in [0.05, 0.1) is 12.5 Å². The number of hydrogen-bond acceptors (Lipinski definition) is 2. The summed E-state index contributed by atoms with van der Waals surface area (Å²) >= 11 is 5.90. The maximum Gasteiger partial charge on any atom is 0.225 e. The molecule has 1 aliphatic carbocycles. The zero-order valence-corrected chi connectivity index (χ0v) is 10.9. The summed E-state index contributed by atoms with van der Waals surface area (Å²) in [5, 5.41) is 10.3. The summed E-state index contributed by atoms with van der Waals surface area (Å²) in [4.78, 5) is 13.5. The number of rotatable bonds is 3. The van der Waals surface area contributed by atoms with E-state index >= 15 is 0 Å². The van der Waals surface area contributed by atoms with Crippen LogP contribution in [0, 0.1) is 0 Å². The number of halogens is 1. The molecule has 3 nitrogen and oxygen atoms in total. The van der Waals surface area contributed by atoms with Gasteiger partial charge in [0.2, 0.25) is 5.91 Å². The van der Waals surface area contributed by atoms with Crippen molar-refractivity contribution >= 4 is 17.5 Å². The highest BCUT2D eigenvalue weighted by atomic mass is 35.5. The van der Waals surface area contributed by atoms with Gasteiger partial charge >= 0.3 is 0 Å². The minimum Gasteiger partial charge on any atom is -0.391 e. The van der Waals surface area contributed by atoms with Crippen LogP contribution in [0.15, 0.2) is 24.3 Å². The first kappa shape index (κ1) is 12.0. The van der Waals surface area contributed by atoms with Crippen molar-refractivity contribution in [2.24, 2.45) is 0 Å². The van der Waals surface area contributed by atoms with Crippen LogP contribution in [-0.4, -0.2) is 35.1 Å². The summed E-state index contributed by atoms with van der Waals surface area (Å²) < 4.78 is 0. The minimum absolute atomic E-state index is 0.0720. The van der Waals surface area contributed by atoms with Crippen molar-refractivity contribution in [2.75, 3.05) is 13.1 Å². The van der Waals surface area contributed by atoms with E-state index in [-0.39, 0.29) is 17.7 Å². The molecule has 1 amide bonds. The molecule has 1 unspecified atom stereocenters. The summed E-state index contributed by atoms with van der Waals surface area (Å²) in [5.41, 5.74) is 1.35. The molecule has 3 rings (SSSR count). The van der Waals surface area contributed by atoms with Gasteiger partial charge in [-0.3, -0.25) is 4.79 Å². The van der Waals surface area contributed by atoms with Gasteiger partial charge in [0.25, 0.3) is 0 Å². The average Bonchev–Trinajstić information content (AvgIpc) is 3.03. The second kappa shape index (κ2) is 4.25. The Labute approximate surface area is 111 Å². The third kappa shape index (κ3) is 2.13. The van der Waals surface area contributed by atoms with Gasteiger partial charge in [0.1, 0.15) is 0 Å². The van der Waals surface area contributed by atoms with E-state index in [1.54, 1.807) is 4.90 Å². The molecule has 4 heteroatoms. The zero-order chi connectivity index (χ0) is 12.8. The largest absolute Gasteiger partial charge is 0.391 e. The highest BCUT2D eigenvalue weighted by Crippen LogP contribution is 2.49. The van der Waals surface area contributed by atoms with Crippen LogP contribution in [0.1, 0.15) is 24.8 Å². The molecule has 1 atom stereocenters. The van der Waals surface area contributed by atoms with E-state index in [9.17, 15) is 9.90 Å². The number of amides is 1. The molecule has 1 aliphatic heterocycles. The van der Waals surface area contributed by atoms with Crippen LogP contribution in [-0.2, 0) is 10.2 Å². The fraction of sp³-hybridized carbons (Fsp3) is 0.500. The molecule has 96 valence electrons. The standard InChI is InChI=1S/C14H16ClNO2/c15-11-3-1-10(2-4-11)14(5-6-14)9-16-8-12(17)7-13(16)18/h1-4,12,17H,5-9H2. The molecular weight excluding hydrogens is 250 g/mol. The Bertz CT molecular complexity index is 467. The van der Waals surface area contributed by atoms with Crippen LogP contribution in [0.2, 0.25) is 5.02 Å². The van der Waals surface area contributed by atoms with Crippen molar-refractivity contribution in [2.45, 2.75) is 30.8 Å². The van der Waals surface area contributed by atoms with Crippen molar-refractivity contribution in [3.8, 4) is 0 Å². The zero-order valence-electron chi connectivity index (χ0n) is 10.1. The summed E-state index contributed by atoms with van der Waals surface area (Å²) in [5.74, 6) is 0.0720. The van der Waals surface area contributed by atoms with Crippen LogP contribution >= 0.6 is 11.6 Å². The number of aliphatic hydroxyl groups is 1. The number of aliphatic hydroxyl groups excluding tert-OH is 1. The fourth-order valence-corrected chi connectivity index (χ4v) is 2.89. The SMILES string of the molecule is O=C1CC(O)CN1CC1(c2ccc(Cl)cc2)CC1. The molecule has 1 saturated heterocycles. The lowest BCUT2D eigenvalue weighted by Crippen LogP contribution is -2.34. The Morgan fingerprint density at radius 3 is 2.50 bits per heavy atom. The molecule has 1 aromatic rings. The normalized spacial score (nSPS) is 25.6.